The molecule has 1 saturated carbocycles. The van der Waals surface area contributed by atoms with Gasteiger partial charge in [-0.1, -0.05) is 81.6 Å². The summed E-state index contributed by atoms with van der Waals surface area (Å²) in [5.74, 6) is 1.75. The Balaban J connectivity index is 1.67. The molecule has 1 heterocycles. The van der Waals surface area contributed by atoms with Gasteiger partial charge in [0, 0.05) is 42.5 Å². The highest BCUT2D eigenvalue weighted by atomic mass is 16.5. The van der Waals surface area contributed by atoms with Gasteiger partial charge in [-0.2, -0.15) is 0 Å². The Bertz CT molecular complexity index is 1060. The lowest BCUT2D eigenvalue weighted by molar-refractivity contribution is 0.184. The van der Waals surface area contributed by atoms with Crippen molar-refractivity contribution in [3.63, 3.8) is 0 Å². The van der Waals surface area contributed by atoms with Crippen molar-refractivity contribution < 1.29 is 4.74 Å². The number of rotatable bonds is 10. The molecular weight excluding hydrogens is 428 g/mol. The molecule has 3 aromatic rings. The first-order valence-electron chi connectivity index (χ1n) is 13.5. The van der Waals surface area contributed by atoms with Crippen molar-refractivity contribution >= 4 is 0 Å². The minimum Gasteiger partial charge on any atom is -0.496 e. The number of ether oxygens (including phenoxy) is 1. The van der Waals surface area contributed by atoms with Crippen LogP contribution in [0.1, 0.15) is 73.9 Å². The van der Waals surface area contributed by atoms with E-state index >= 15 is 0 Å². The molecule has 0 bridgehead atoms. The second-order valence-electron chi connectivity index (χ2n) is 10.1. The number of hydrogen-bond acceptors (Lipinski definition) is 3. The third-order valence-electron chi connectivity index (χ3n) is 7.64. The predicted octanol–water partition coefficient (Wildman–Crippen LogP) is 7.77. The summed E-state index contributed by atoms with van der Waals surface area (Å²) in [5, 5.41) is 0. The van der Waals surface area contributed by atoms with Crippen LogP contribution in [-0.2, 0) is 25.9 Å². The van der Waals surface area contributed by atoms with E-state index in [0.717, 1.165) is 55.5 Å². The maximum Gasteiger partial charge on any atom is 0.127 e. The van der Waals surface area contributed by atoms with Crippen LogP contribution in [0.15, 0.2) is 54.6 Å². The zero-order valence-corrected chi connectivity index (χ0v) is 22.1. The van der Waals surface area contributed by atoms with Crippen LogP contribution in [0.3, 0.4) is 0 Å². The van der Waals surface area contributed by atoms with E-state index in [-0.39, 0.29) is 0 Å². The van der Waals surface area contributed by atoms with E-state index in [1.165, 1.54) is 59.9 Å². The van der Waals surface area contributed by atoms with Gasteiger partial charge in [0.2, 0.25) is 0 Å². The zero-order chi connectivity index (χ0) is 24.6. The summed E-state index contributed by atoms with van der Waals surface area (Å²) in [7, 11) is 1.80. The van der Waals surface area contributed by atoms with E-state index in [4.69, 9.17) is 9.72 Å². The van der Waals surface area contributed by atoms with Crippen molar-refractivity contribution in [1.29, 1.82) is 0 Å². The van der Waals surface area contributed by atoms with Crippen LogP contribution in [0.25, 0.3) is 11.3 Å². The molecule has 35 heavy (non-hydrogen) atoms. The Morgan fingerprint density at radius 2 is 1.57 bits per heavy atom. The molecule has 4 rings (SSSR count). The number of pyridine rings is 1. The summed E-state index contributed by atoms with van der Waals surface area (Å²) in [6.45, 7) is 9.57. The number of aryl methyl sites for hydroxylation is 3. The quantitative estimate of drug-likeness (QED) is 0.302. The van der Waals surface area contributed by atoms with Crippen molar-refractivity contribution in [2.24, 2.45) is 5.92 Å². The Morgan fingerprint density at radius 3 is 2.20 bits per heavy atom. The van der Waals surface area contributed by atoms with Crippen LogP contribution < -0.4 is 4.74 Å². The second-order valence-corrected chi connectivity index (χ2v) is 10.1. The lowest BCUT2D eigenvalue weighted by atomic mass is 9.88. The average Bonchev–Trinajstić information content (AvgIpc) is 2.90. The topological polar surface area (TPSA) is 25.4 Å². The molecule has 3 nitrogen and oxygen atoms in total. The highest BCUT2D eigenvalue weighted by Crippen LogP contribution is 2.34. The second kappa shape index (κ2) is 12.4. The Morgan fingerprint density at radius 1 is 0.886 bits per heavy atom. The van der Waals surface area contributed by atoms with Gasteiger partial charge in [0.25, 0.3) is 0 Å². The summed E-state index contributed by atoms with van der Waals surface area (Å²) in [6, 6.07) is 19.7. The maximum absolute atomic E-state index is 6.01. The van der Waals surface area contributed by atoms with E-state index in [1.807, 2.05) is 0 Å². The maximum atomic E-state index is 6.01. The predicted molar refractivity (Wildman–Crippen MR) is 147 cm³/mol. The third kappa shape index (κ3) is 6.32. The lowest BCUT2D eigenvalue weighted by Gasteiger charge is -2.31. The van der Waals surface area contributed by atoms with Gasteiger partial charge in [0.1, 0.15) is 5.75 Å². The fraction of sp³-hybridized carbons (Fsp3) is 0.469. The molecule has 0 radical (unpaired) electrons. The van der Waals surface area contributed by atoms with Gasteiger partial charge in [-0.05, 0) is 55.2 Å². The van der Waals surface area contributed by atoms with Crippen molar-refractivity contribution in [2.75, 3.05) is 13.7 Å². The van der Waals surface area contributed by atoms with Gasteiger partial charge in [0.15, 0.2) is 0 Å². The normalized spacial score (nSPS) is 14.4. The van der Waals surface area contributed by atoms with Gasteiger partial charge < -0.3 is 4.74 Å². The van der Waals surface area contributed by atoms with Gasteiger partial charge >= 0.3 is 0 Å². The number of nitrogens with zero attached hydrogens (tertiary/aromatic N) is 2. The van der Waals surface area contributed by atoms with Crippen molar-refractivity contribution in [3.05, 3.63) is 82.5 Å². The summed E-state index contributed by atoms with van der Waals surface area (Å²) in [5.41, 5.74) is 8.70. The molecule has 0 N–H and O–H groups in total. The van der Waals surface area contributed by atoms with E-state index in [9.17, 15) is 0 Å². The highest BCUT2D eigenvalue weighted by molar-refractivity contribution is 5.70. The van der Waals surface area contributed by atoms with Crippen LogP contribution in [0.4, 0.5) is 0 Å². The summed E-state index contributed by atoms with van der Waals surface area (Å²) >= 11 is 0. The number of hydrogen-bond donors (Lipinski definition) is 0. The summed E-state index contributed by atoms with van der Waals surface area (Å²) < 4.78 is 6.01. The van der Waals surface area contributed by atoms with Crippen molar-refractivity contribution in [1.82, 2.24) is 9.88 Å². The molecule has 1 aliphatic carbocycles. The lowest BCUT2D eigenvalue weighted by Crippen LogP contribution is -2.30. The molecule has 1 fully saturated rings. The van der Waals surface area contributed by atoms with E-state index in [2.05, 4.69) is 80.3 Å². The summed E-state index contributed by atoms with van der Waals surface area (Å²) in [6.07, 6.45) is 8.85. The Kier molecular flexibility index (Phi) is 8.98. The van der Waals surface area contributed by atoms with Gasteiger partial charge in [-0.3, -0.25) is 9.88 Å². The monoisotopic (exact) mass is 470 g/mol. The zero-order valence-electron chi connectivity index (χ0n) is 22.1. The molecule has 2 aromatic carbocycles. The van der Waals surface area contributed by atoms with E-state index < -0.39 is 0 Å². The molecular formula is C32H42N2O. The molecule has 3 heteroatoms. The standard InChI is InChI=1S/C32H42N2O/c1-5-27-18-13-19-28(6-2)32(27)30-20-31(35-4)29(24(3)33-30)23-34(21-25-14-9-7-10-15-25)22-26-16-11-8-12-17-26/h7,9-10,13-15,18-20,26H,5-6,8,11-12,16-17,21-23H2,1-4H3. The van der Waals surface area contributed by atoms with Crippen molar-refractivity contribution in [3.8, 4) is 17.0 Å². The van der Waals surface area contributed by atoms with E-state index in [0.29, 0.717) is 0 Å². The van der Waals surface area contributed by atoms with Crippen LogP contribution in [-0.4, -0.2) is 23.5 Å². The summed E-state index contributed by atoms with van der Waals surface area (Å²) in [4.78, 5) is 7.79. The largest absolute Gasteiger partial charge is 0.496 e. The number of benzene rings is 2. The average molecular weight is 471 g/mol. The smallest absolute Gasteiger partial charge is 0.127 e. The molecule has 1 aromatic heterocycles. The molecule has 0 aliphatic heterocycles. The molecule has 186 valence electrons. The van der Waals surface area contributed by atoms with Gasteiger partial charge in [-0.25, -0.2) is 0 Å². The SMILES string of the molecule is CCc1cccc(CC)c1-c1cc(OC)c(CN(Cc2ccccc2)CC2CCCCC2)c(C)n1. The third-order valence-corrected chi connectivity index (χ3v) is 7.64. The minimum absolute atomic E-state index is 0.787. The molecule has 0 saturated heterocycles. The Hall–Kier alpha value is -2.65. The Labute approximate surface area is 212 Å². The molecule has 0 unspecified atom stereocenters. The number of methoxy groups -OCH3 is 1. The molecule has 0 atom stereocenters. The minimum atomic E-state index is 0.787. The first kappa shape index (κ1) is 25.4. The van der Waals surface area contributed by atoms with Crippen LogP contribution in [0.2, 0.25) is 0 Å². The molecule has 0 spiro atoms. The highest BCUT2D eigenvalue weighted by Gasteiger charge is 2.21. The van der Waals surface area contributed by atoms with E-state index in [1.54, 1.807) is 7.11 Å². The fourth-order valence-electron chi connectivity index (χ4n) is 5.73. The fourth-order valence-corrected chi connectivity index (χ4v) is 5.73. The van der Waals surface area contributed by atoms with Crippen LogP contribution >= 0.6 is 0 Å². The van der Waals surface area contributed by atoms with Gasteiger partial charge in [0.05, 0.1) is 12.8 Å². The van der Waals surface area contributed by atoms with Crippen LogP contribution in [0.5, 0.6) is 5.75 Å². The molecule has 0 amide bonds. The van der Waals surface area contributed by atoms with Crippen molar-refractivity contribution in [2.45, 2.75) is 78.8 Å². The first-order chi connectivity index (χ1) is 17.1. The first-order valence-corrected chi connectivity index (χ1v) is 13.5. The molecule has 1 aliphatic rings. The van der Waals surface area contributed by atoms with Crippen LogP contribution in [0, 0.1) is 12.8 Å². The number of aromatic nitrogens is 1. The van der Waals surface area contributed by atoms with Gasteiger partial charge in [-0.15, -0.1) is 0 Å².